The van der Waals surface area contributed by atoms with Gasteiger partial charge in [0.05, 0.1) is 11.6 Å². The van der Waals surface area contributed by atoms with E-state index in [2.05, 4.69) is 0 Å². The SMILES string of the molecule is N#Cc1cc(F)c(N2CCc3ccccc32)c(F)c1. The highest BCUT2D eigenvalue weighted by Crippen LogP contribution is 2.37. The van der Waals surface area contributed by atoms with Crippen molar-refractivity contribution in [3.8, 4) is 6.07 Å². The Morgan fingerprint density at radius 2 is 1.79 bits per heavy atom. The number of nitriles is 1. The van der Waals surface area contributed by atoms with E-state index in [1.54, 1.807) is 11.0 Å². The van der Waals surface area contributed by atoms with Crippen LogP contribution in [0.25, 0.3) is 0 Å². The molecule has 0 bridgehead atoms. The van der Waals surface area contributed by atoms with Crippen molar-refractivity contribution >= 4 is 11.4 Å². The first kappa shape index (κ1) is 11.7. The molecule has 1 aliphatic rings. The molecular formula is C15H10F2N2. The van der Waals surface area contributed by atoms with Crippen molar-refractivity contribution in [2.24, 2.45) is 0 Å². The number of halogens is 2. The van der Waals surface area contributed by atoms with Crippen LogP contribution in [-0.4, -0.2) is 6.54 Å². The van der Waals surface area contributed by atoms with Crippen LogP contribution in [0.3, 0.4) is 0 Å². The predicted molar refractivity (Wildman–Crippen MR) is 68.2 cm³/mol. The normalized spacial score (nSPS) is 13.2. The van der Waals surface area contributed by atoms with Gasteiger partial charge in [-0.25, -0.2) is 8.78 Å². The summed E-state index contributed by atoms with van der Waals surface area (Å²) in [6.07, 6.45) is 0.759. The monoisotopic (exact) mass is 256 g/mol. The van der Waals surface area contributed by atoms with Crippen LogP contribution in [0.2, 0.25) is 0 Å². The fourth-order valence-electron chi connectivity index (χ4n) is 2.46. The van der Waals surface area contributed by atoms with Gasteiger partial charge in [0.1, 0.15) is 5.69 Å². The Bertz CT molecular complexity index is 666. The van der Waals surface area contributed by atoms with Crippen LogP contribution in [0.15, 0.2) is 36.4 Å². The second-order valence-corrected chi connectivity index (χ2v) is 4.43. The lowest BCUT2D eigenvalue weighted by Gasteiger charge is -2.20. The number of hydrogen-bond acceptors (Lipinski definition) is 2. The van der Waals surface area contributed by atoms with Gasteiger partial charge < -0.3 is 4.90 Å². The number of fused-ring (bicyclic) bond motifs is 1. The summed E-state index contributed by atoms with van der Waals surface area (Å²) < 4.78 is 28.0. The molecule has 1 aliphatic heterocycles. The zero-order chi connectivity index (χ0) is 13.4. The lowest BCUT2D eigenvalue weighted by Crippen LogP contribution is -2.16. The molecule has 1 heterocycles. The molecule has 4 heteroatoms. The number of nitrogens with zero attached hydrogens (tertiary/aromatic N) is 2. The zero-order valence-corrected chi connectivity index (χ0v) is 10.0. The second kappa shape index (κ2) is 4.36. The summed E-state index contributed by atoms with van der Waals surface area (Å²) in [7, 11) is 0. The van der Waals surface area contributed by atoms with Crippen LogP contribution < -0.4 is 4.90 Å². The molecule has 0 unspecified atom stereocenters. The van der Waals surface area contributed by atoms with Gasteiger partial charge in [0.2, 0.25) is 0 Å². The summed E-state index contributed by atoms with van der Waals surface area (Å²) in [6.45, 7) is 0.541. The lowest BCUT2D eigenvalue weighted by molar-refractivity contribution is 0.581. The van der Waals surface area contributed by atoms with Crippen LogP contribution in [0.4, 0.5) is 20.2 Å². The van der Waals surface area contributed by atoms with Crippen molar-refractivity contribution < 1.29 is 8.78 Å². The van der Waals surface area contributed by atoms with Crippen LogP contribution in [-0.2, 0) is 6.42 Å². The Hall–Kier alpha value is -2.41. The Labute approximate surface area is 109 Å². The molecule has 0 atom stereocenters. The van der Waals surface area contributed by atoms with Crippen LogP contribution in [0.5, 0.6) is 0 Å². The van der Waals surface area contributed by atoms with Gasteiger partial charge in [-0.2, -0.15) is 5.26 Å². The van der Waals surface area contributed by atoms with Gasteiger partial charge in [-0.05, 0) is 30.2 Å². The molecule has 0 aromatic heterocycles. The van der Waals surface area contributed by atoms with Crippen molar-refractivity contribution in [1.82, 2.24) is 0 Å². The first-order valence-corrected chi connectivity index (χ1v) is 5.95. The summed E-state index contributed by atoms with van der Waals surface area (Å²) in [5.41, 5.74) is 1.81. The van der Waals surface area contributed by atoms with Gasteiger partial charge in [0.25, 0.3) is 0 Å². The van der Waals surface area contributed by atoms with Gasteiger partial charge in [0.15, 0.2) is 11.6 Å². The lowest BCUT2D eigenvalue weighted by atomic mass is 10.1. The molecule has 0 radical (unpaired) electrons. The van der Waals surface area contributed by atoms with Gasteiger partial charge in [-0.15, -0.1) is 0 Å². The minimum atomic E-state index is -0.701. The van der Waals surface area contributed by atoms with E-state index < -0.39 is 11.6 Å². The minimum absolute atomic E-state index is 0.00812. The third-order valence-electron chi connectivity index (χ3n) is 3.30. The molecule has 94 valence electrons. The van der Waals surface area contributed by atoms with Crippen molar-refractivity contribution in [3.63, 3.8) is 0 Å². The average Bonchev–Trinajstić information content (AvgIpc) is 2.82. The molecular weight excluding hydrogens is 246 g/mol. The largest absolute Gasteiger partial charge is 0.336 e. The number of para-hydroxylation sites is 1. The summed E-state index contributed by atoms with van der Waals surface area (Å²) >= 11 is 0. The molecule has 0 N–H and O–H groups in total. The number of anilines is 2. The minimum Gasteiger partial charge on any atom is -0.336 e. The van der Waals surface area contributed by atoms with Crippen molar-refractivity contribution in [1.29, 1.82) is 5.26 Å². The molecule has 19 heavy (non-hydrogen) atoms. The maximum Gasteiger partial charge on any atom is 0.151 e. The molecule has 0 amide bonds. The molecule has 0 spiro atoms. The van der Waals surface area contributed by atoms with E-state index in [9.17, 15) is 8.78 Å². The van der Waals surface area contributed by atoms with Crippen molar-refractivity contribution in [2.45, 2.75) is 6.42 Å². The zero-order valence-electron chi connectivity index (χ0n) is 10.0. The third kappa shape index (κ3) is 1.84. The third-order valence-corrected chi connectivity index (χ3v) is 3.30. The molecule has 3 rings (SSSR count). The highest BCUT2D eigenvalue weighted by molar-refractivity contribution is 5.71. The van der Waals surface area contributed by atoms with E-state index in [1.165, 1.54) is 0 Å². The predicted octanol–water partition coefficient (Wildman–Crippen LogP) is 3.53. The smallest absolute Gasteiger partial charge is 0.151 e. The van der Waals surface area contributed by atoms with Crippen LogP contribution in [0, 0.1) is 23.0 Å². The fourth-order valence-corrected chi connectivity index (χ4v) is 2.46. The maximum atomic E-state index is 14.0. The van der Waals surface area contributed by atoms with Crippen molar-refractivity contribution in [2.75, 3.05) is 11.4 Å². The number of rotatable bonds is 1. The molecule has 0 aliphatic carbocycles. The quantitative estimate of drug-likeness (QED) is 0.780. The number of hydrogen-bond donors (Lipinski definition) is 0. The summed E-state index contributed by atoms with van der Waals surface area (Å²) in [6, 6.07) is 11.4. The van der Waals surface area contributed by atoms with E-state index >= 15 is 0 Å². The average molecular weight is 256 g/mol. The second-order valence-electron chi connectivity index (χ2n) is 4.43. The van der Waals surface area contributed by atoms with E-state index in [4.69, 9.17) is 5.26 Å². The van der Waals surface area contributed by atoms with Crippen molar-refractivity contribution in [3.05, 3.63) is 59.2 Å². The summed E-state index contributed by atoms with van der Waals surface area (Å²) in [4.78, 5) is 1.63. The molecule has 0 saturated heterocycles. The molecule has 2 nitrogen and oxygen atoms in total. The Balaban J connectivity index is 2.13. The molecule has 2 aromatic carbocycles. The highest BCUT2D eigenvalue weighted by Gasteiger charge is 2.25. The van der Waals surface area contributed by atoms with Crippen LogP contribution in [0.1, 0.15) is 11.1 Å². The topological polar surface area (TPSA) is 27.0 Å². The van der Waals surface area contributed by atoms with Gasteiger partial charge in [-0.1, -0.05) is 18.2 Å². The van der Waals surface area contributed by atoms with Gasteiger partial charge in [-0.3, -0.25) is 0 Å². The molecule has 0 fully saturated rings. The number of benzene rings is 2. The molecule has 0 saturated carbocycles. The van der Waals surface area contributed by atoms with Gasteiger partial charge in [0, 0.05) is 12.2 Å². The van der Waals surface area contributed by atoms with E-state index in [0.717, 1.165) is 29.8 Å². The molecule has 2 aromatic rings. The van der Waals surface area contributed by atoms with E-state index in [0.29, 0.717) is 6.54 Å². The fraction of sp³-hybridized carbons (Fsp3) is 0.133. The van der Waals surface area contributed by atoms with Gasteiger partial charge >= 0.3 is 0 Å². The Morgan fingerprint density at radius 3 is 2.47 bits per heavy atom. The Kier molecular flexibility index (Phi) is 2.68. The van der Waals surface area contributed by atoms with E-state index in [-0.39, 0.29) is 11.3 Å². The Morgan fingerprint density at radius 1 is 1.11 bits per heavy atom. The highest BCUT2D eigenvalue weighted by atomic mass is 19.1. The summed E-state index contributed by atoms with van der Waals surface area (Å²) in [5.74, 6) is -1.40. The van der Waals surface area contributed by atoms with E-state index in [1.807, 2.05) is 24.3 Å². The summed E-state index contributed by atoms with van der Waals surface area (Å²) in [5, 5.41) is 8.70. The first-order chi connectivity index (χ1) is 9.20. The maximum absolute atomic E-state index is 14.0. The first-order valence-electron chi connectivity index (χ1n) is 5.95. The standard InChI is InChI=1S/C15H10F2N2/c16-12-7-10(9-18)8-13(17)15(12)19-6-5-11-3-1-2-4-14(11)19/h1-4,7-8H,5-6H2. The van der Waals surface area contributed by atoms with Crippen LogP contribution >= 0.6 is 0 Å².